The first-order chi connectivity index (χ1) is 13.3. The zero-order valence-corrected chi connectivity index (χ0v) is 15.5. The number of sulfonamides is 1. The minimum absolute atomic E-state index is 0.0102. The Kier molecular flexibility index (Phi) is 5.96. The molecule has 9 heteroatoms. The van der Waals surface area contributed by atoms with Gasteiger partial charge in [-0.2, -0.15) is 5.10 Å². The van der Waals surface area contributed by atoms with E-state index in [1.807, 2.05) is 0 Å². The molecule has 0 unspecified atom stereocenters. The fraction of sp³-hybridized carbons (Fsp3) is 0.158. The lowest BCUT2D eigenvalue weighted by Gasteiger charge is -2.09. The summed E-state index contributed by atoms with van der Waals surface area (Å²) < 4.78 is 54.0. The largest absolute Gasteiger partial charge is 0.268 e. The Bertz CT molecular complexity index is 1130. The van der Waals surface area contributed by atoms with Gasteiger partial charge in [-0.15, -0.1) is 0 Å². The molecule has 0 bridgehead atoms. The molecule has 3 rings (SSSR count). The van der Waals surface area contributed by atoms with Gasteiger partial charge in [-0.3, -0.25) is 4.79 Å². The Balaban J connectivity index is 1.66. The second-order valence-electron chi connectivity index (χ2n) is 6.07. The molecule has 0 aliphatic carbocycles. The molecule has 1 heterocycles. The van der Waals surface area contributed by atoms with Crippen molar-refractivity contribution in [3.63, 3.8) is 0 Å². The average molecular weight is 405 g/mol. The average Bonchev–Trinajstić information content (AvgIpc) is 2.63. The van der Waals surface area contributed by atoms with Crippen LogP contribution in [0.25, 0.3) is 11.3 Å². The van der Waals surface area contributed by atoms with Crippen molar-refractivity contribution >= 4 is 10.0 Å². The van der Waals surface area contributed by atoms with Crippen LogP contribution in [0, 0.1) is 11.6 Å². The van der Waals surface area contributed by atoms with Gasteiger partial charge >= 0.3 is 0 Å². The normalized spacial score (nSPS) is 11.5. The van der Waals surface area contributed by atoms with E-state index >= 15 is 0 Å². The Labute approximate surface area is 160 Å². The lowest BCUT2D eigenvalue weighted by Crippen LogP contribution is -2.32. The van der Waals surface area contributed by atoms with Crippen LogP contribution in [-0.2, 0) is 22.3 Å². The van der Waals surface area contributed by atoms with Crippen molar-refractivity contribution < 1.29 is 17.2 Å². The van der Waals surface area contributed by atoms with Crippen molar-refractivity contribution in [2.75, 3.05) is 6.54 Å². The molecule has 0 radical (unpaired) electrons. The summed E-state index contributed by atoms with van der Waals surface area (Å²) in [5, 5.41) is 4.18. The van der Waals surface area contributed by atoms with Crippen LogP contribution in [0.4, 0.5) is 8.78 Å². The molecule has 1 aromatic heterocycles. The molecular formula is C19H17F2N3O3S. The van der Waals surface area contributed by atoms with Crippen molar-refractivity contribution in [3.05, 3.63) is 88.2 Å². The van der Waals surface area contributed by atoms with Gasteiger partial charge in [0.2, 0.25) is 10.0 Å². The first-order valence-corrected chi connectivity index (χ1v) is 10.0. The maximum Gasteiger partial charge on any atom is 0.266 e. The standard InChI is InChI=1S/C19H17F2N3O3S/c20-16-6-4-15(5-7-16)18-8-9-19(25)24(23-18)11-10-22-28(26,27)13-14-2-1-3-17(21)12-14/h1-9,12,22H,10-11,13H2. The first-order valence-electron chi connectivity index (χ1n) is 8.38. The Morgan fingerprint density at radius 3 is 2.43 bits per heavy atom. The maximum absolute atomic E-state index is 13.2. The number of hydrogen-bond acceptors (Lipinski definition) is 4. The molecule has 0 aliphatic heterocycles. The number of nitrogens with one attached hydrogen (secondary N) is 1. The molecule has 6 nitrogen and oxygen atoms in total. The van der Waals surface area contributed by atoms with Crippen LogP contribution < -0.4 is 10.3 Å². The van der Waals surface area contributed by atoms with E-state index in [4.69, 9.17) is 0 Å². The highest BCUT2D eigenvalue weighted by atomic mass is 32.2. The van der Waals surface area contributed by atoms with E-state index in [2.05, 4.69) is 9.82 Å². The van der Waals surface area contributed by atoms with Gasteiger partial charge in [-0.1, -0.05) is 12.1 Å². The molecular weight excluding hydrogens is 388 g/mol. The van der Waals surface area contributed by atoms with Crippen molar-refractivity contribution in [1.29, 1.82) is 0 Å². The van der Waals surface area contributed by atoms with Gasteiger partial charge in [0.1, 0.15) is 11.6 Å². The van der Waals surface area contributed by atoms with Gasteiger partial charge in [0.05, 0.1) is 18.0 Å². The molecule has 0 amide bonds. The lowest BCUT2D eigenvalue weighted by molar-refractivity contribution is 0.548. The number of aromatic nitrogens is 2. The maximum atomic E-state index is 13.2. The molecule has 28 heavy (non-hydrogen) atoms. The van der Waals surface area contributed by atoms with Crippen molar-refractivity contribution in [2.45, 2.75) is 12.3 Å². The fourth-order valence-corrected chi connectivity index (χ4v) is 3.71. The molecule has 0 atom stereocenters. The predicted molar refractivity (Wildman–Crippen MR) is 101 cm³/mol. The highest BCUT2D eigenvalue weighted by Crippen LogP contribution is 2.15. The number of nitrogens with zero attached hydrogens (tertiary/aromatic N) is 2. The van der Waals surface area contributed by atoms with Gasteiger partial charge < -0.3 is 0 Å². The smallest absolute Gasteiger partial charge is 0.266 e. The van der Waals surface area contributed by atoms with E-state index in [1.165, 1.54) is 54.6 Å². The third-order valence-corrected chi connectivity index (χ3v) is 5.26. The van der Waals surface area contributed by atoms with E-state index < -0.39 is 21.4 Å². The summed E-state index contributed by atoms with van der Waals surface area (Å²) in [5.41, 5.74) is 1.01. The first kappa shape index (κ1) is 19.8. The zero-order chi connectivity index (χ0) is 20.1. The van der Waals surface area contributed by atoms with E-state index in [0.717, 1.165) is 10.7 Å². The third-order valence-electron chi connectivity index (χ3n) is 3.90. The van der Waals surface area contributed by atoms with Crippen LogP contribution in [-0.4, -0.2) is 24.7 Å². The quantitative estimate of drug-likeness (QED) is 0.654. The third kappa shape index (κ3) is 5.30. The molecule has 3 aromatic rings. The fourth-order valence-electron chi connectivity index (χ4n) is 2.59. The van der Waals surface area contributed by atoms with Crippen LogP contribution in [0.1, 0.15) is 5.56 Å². The van der Waals surface area contributed by atoms with Crippen LogP contribution in [0.2, 0.25) is 0 Å². The molecule has 146 valence electrons. The van der Waals surface area contributed by atoms with Crippen LogP contribution in [0.3, 0.4) is 0 Å². The summed E-state index contributed by atoms with van der Waals surface area (Å²) >= 11 is 0. The Morgan fingerprint density at radius 1 is 0.964 bits per heavy atom. The molecule has 2 aromatic carbocycles. The number of halogens is 2. The molecule has 1 N–H and O–H groups in total. The molecule has 0 aliphatic rings. The summed E-state index contributed by atoms with van der Waals surface area (Å²) in [4.78, 5) is 12.0. The SMILES string of the molecule is O=c1ccc(-c2ccc(F)cc2)nn1CCNS(=O)(=O)Cc1cccc(F)c1. The van der Waals surface area contributed by atoms with E-state index in [1.54, 1.807) is 0 Å². The van der Waals surface area contributed by atoms with Gasteiger partial charge in [0.15, 0.2) is 0 Å². The van der Waals surface area contributed by atoms with Gasteiger partial charge in [0.25, 0.3) is 5.56 Å². The van der Waals surface area contributed by atoms with Crippen molar-refractivity contribution in [3.8, 4) is 11.3 Å². The number of benzene rings is 2. The zero-order valence-electron chi connectivity index (χ0n) is 14.7. The van der Waals surface area contributed by atoms with Gasteiger partial charge in [-0.05, 0) is 48.0 Å². The number of hydrogen-bond donors (Lipinski definition) is 1. The van der Waals surface area contributed by atoms with E-state index in [0.29, 0.717) is 16.8 Å². The Hall–Kier alpha value is -2.91. The van der Waals surface area contributed by atoms with Crippen molar-refractivity contribution in [1.82, 2.24) is 14.5 Å². The minimum Gasteiger partial charge on any atom is -0.268 e. The van der Waals surface area contributed by atoms with Gasteiger partial charge in [0, 0.05) is 18.2 Å². The van der Waals surface area contributed by atoms with Crippen LogP contribution in [0.15, 0.2) is 65.5 Å². The summed E-state index contributed by atoms with van der Waals surface area (Å²) in [6.07, 6.45) is 0. The summed E-state index contributed by atoms with van der Waals surface area (Å²) in [6.45, 7) is -0.0479. The minimum atomic E-state index is -3.70. The summed E-state index contributed by atoms with van der Waals surface area (Å²) in [7, 11) is -3.70. The highest BCUT2D eigenvalue weighted by Gasteiger charge is 2.12. The second kappa shape index (κ2) is 8.41. The molecule has 0 fully saturated rings. The number of rotatable bonds is 7. The van der Waals surface area contributed by atoms with E-state index in [9.17, 15) is 22.0 Å². The monoisotopic (exact) mass is 405 g/mol. The van der Waals surface area contributed by atoms with Crippen LogP contribution >= 0.6 is 0 Å². The summed E-state index contributed by atoms with van der Waals surface area (Å²) in [6, 6.07) is 13.8. The molecule has 0 saturated heterocycles. The second-order valence-corrected chi connectivity index (χ2v) is 7.88. The molecule has 0 saturated carbocycles. The highest BCUT2D eigenvalue weighted by molar-refractivity contribution is 7.88. The topological polar surface area (TPSA) is 81.1 Å². The summed E-state index contributed by atoms with van der Waals surface area (Å²) in [5.74, 6) is -1.27. The van der Waals surface area contributed by atoms with E-state index in [-0.39, 0.29) is 24.7 Å². The van der Waals surface area contributed by atoms with Gasteiger partial charge in [-0.25, -0.2) is 26.6 Å². The predicted octanol–water partition coefficient (Wildman–Crippen LogP) is 2.31. The lowest BCUT2D eigenvalue weighted by atomic mass is 10.1. The Morgan fingerprint density at radius 2 is 1.71 bits per heavy atom. The van der Waals surface area contributed by atoms with Crippen LogP contribution in [0.5, 0.6) is 0 Å². The molecule has 0 spiro atoms. The van der Waals surface area contributed by atoms with Crippen molar-refractivity contribution in [2.24, 2.45) is 0 Å².